The fourth-order valence-electron chi connectivity index (χ4n) is 2.21. The van der Waals surface area contributed by atoms with Gasteiger partial charge in [-0.3, -0.25) is 9.59 Å². The standard InChI is InChI=1S/C20H17F3N2O4/c1-12(19(28)25-16-8-6-14(7-9-16)18(24)27)29-17(26)10-5-13-3-2-4-15(11-13)20(21,22)23/h2-12H,1H3,(H2,24,27)(H,25,28). The van der Waals surface area contributed by atoms with Crippen LogP contribution in [0, 0.1) is 0 Å². The van der Waals surface area contributed by atoms with E-state index in [4.69, 9.17) is 10.5 Å². The van der Waals surface area contributed by atoms with E-state index in [-0.39, 0.29) is 11.1 Å². The van der Waals surface area contributed by atoms with Gasteiger partial charge >= 0.3 is 12.1 Å². The summed E-state index contributed by atoms with van der Waals surface area (Å²) < 4.78 is 43.0. The van der Waals surface area contributed by atoms with Crippen molar-refractivity contribution in [2.75, 3.05) is 5.32 Å². The summed E-state index contributed by atoms with van der Waals surface area (Å²) in [5.74, 6) is -2.13. The van der Waals surface area contributed by atoms with Crippen LogP contribution >= 0.6 is 0 Å². The molecule has 0 aromatic heterocycles. The molecule has 2 amide bonds. The molecule has 2 aromatic carbocycles. The Hall–Kier alpha value is -3.62. The normalized spacial score (nSPS) is 12.4. The van der Waals surface area contributed by atoms with Crippen molar-refractivity contribution in [1.29, 1.82) is 0 Å². The molecule has 0 bridgehead atoms. The molecule has 0 saturated carbocycles. The smallest absolute Gasteiger partial charge is 0.416 e. The Morgan fingerprint density at radius 1 is 1.10 bits per heavy atom. The molecule has 3 N–H and O–H groups in total. The molecule has 9 heteroatoms. The van der Waals surface area contributed by atoms with Gasteiger partial charge in [0.2, 0.25) is 5.91 Å². The van der Waals surface area contributed by atoms with Crippen LogP contribution < -0.4 is 11.1 Å². The van der Waals surface area contributed by atoms with Crippen LogP contribution in [0.4, 0.5) is 18.9 Å². The zero-order valence-electron chi connectivity index (χ0n) is 15.2. The summed E-state index contributed by atoms with van der Waals surface area (Å²) in [6, 6.07) is 10.2. The first-order chi connectivity index (χ1) is 13.6. The van der Waals surface area contributed by atoms with Crippen LogP contribution in [-0.4, -0.2) is 23.9 Å². The third-order valence-electron chi connectivity index (χ3n) is 3.72. The summed E-state index contributed by atoms with van der Waals surface area (Å²) in [6.07, 6.45) is -3.57. The Morgan fingerprint density at radius 3 is 2.34 bits per heavy atom. The highest BCUT2D eigenvalue weighted by atomic mass is 19.4. The van der Waals surface area contributed by atoms with E-state index in [1.54, 1.807) is 0 Å². The summed E-state index contributed by atoms with van der Waals surface area (Å²) in [4.78, 5) is 34.9. The predicted molar refractivity (Wildman–Crippen MR) is 99.6 cm³/mol. The number of hydrogen-bond donors (Lipinski definition) is 2. The Balaban J connectivity index is 1.93. The molecular weight excluding hydrogens is 389 g/mol. The van der Waals surface area contributed by atoms with Gasteiger partial charge in [-0.2, -0.15) is 13.2 Å². The summed E-state index contributed by atoms with van der Waals surface area (Å²) >= 11 is 0. The number of hydrogen-bond acceptors (Lipinski definition) is 4. The molecule has 0 spiro atoms. The number of esters is 1. The maximum absolute atomic E-state index is 12.7. The van der Waals surface area contributed by atoms with Gasteiger partial charge in [0.05, 0.1) is 5.56 Å². The van der Waals surface area contributed by atoms with Gasteiger partial charge in [-0.25, -0.2) is 4.79 Å². The number of alkyl halides is 3. The van der Waals surface area contributed by atoms with Gasteiger partial charge < -0.3 is 15.8 Å². The van der Waals surface area contributed by atoms with Crippen LogP contribution in [0.5, 0.6) is 0 Å². The van der Waals surface area contributed by atoms with E-state index in [0.29, 0.717) is 5.69 Å². The minimum Gasteiger partial charge on any atom is -0.449 e. The van der Waals surface area contributed by atoms with Crippen LogP contribution in [0.2, 0.25) is 0 Å². The van der Waals surface area contributed by atoms with Crippen LogP contribution in [0.25, 0.3) is 6.08 Å². The average molecular weight is 406 g/mol. The first-order valence-corrected chi connectivity index (χ1v) is 8.33. The molecule has 0 saturated heterocycles. The largest absolute Gasteiger partial charge is 0.449 e. The topological polar surface area (TPSA) is 98.5 Å². The minimum atomic E-state index is -4.49. The van der Waals surface area contributed by atoms with E-state index < -0.39 is 35.6 Å². The monoisotopic (exact) mass is 406 g/mol. The molecule has 0 radical (unpaired) electrons. The maximum Gasteiger partial charge on any atom is 0.416 e. The molecule has 2 aromatic rings. The van der Waals surface area contributed by atoms with Crippen molar-refractivity contribution in [3.05, 3.63) is 71.3 Å². The summed E-state index contributed by atoms with van der Waals surface area (Å²) in [6.45, 7) is 1.34. The Bertz CT molecular complexity index is 937. The fourth-order valence-corrected chi connectivity index (χ4v) is 2.21. The second-order valence-electron chi connectivity index (χ2n) is 5.97. The second-order valence-corrected chi connectivity index (χ2v) is 5.97. The van der Waals surface area contributed by atoms with Crippen molar-refractivity contribution >= 4 is 29.5 Å². The third-order valence-corrected chi connectivity index (χ3v) is 3.72. The van der Waals surface area contributed by atoms with Gasteiger partial charge in [-0.05, 0) is 55.0 Å². The number of carbonyl (C=O) groups is 3. The molecule has 0 aliphatic heterocycles. The highest BCUT2D eigenvalue weighted by Gasteiger charge is 2.30. The van der Waals surface area contributed by atoms with Crippen molar-refractivity contribution in [3.63, 3.8) is 0 Å². The van der Waals surface area contributed by atoms with E-state index in [9.17, 15) is 27.6 Å². The zero-order chi connectivity index (χ0) is 21.6. The van der Waals surface area contributed by atoms with Crippen LogP contribution in [0.15, 0.2) is 54.6 Å². The fraction of sp³-hybridized carbons (Fsp3) is 0.150. The van der Waals surface area contributed by atoms with Gasteiger partial charge in [0.25, 0.3) is 5.91 Å². The summed E-state index contributed by atoms with van der Waals surface area (Å²) in [7, 11) is 0. The molecule has 1 atom stereocenters. The van der Waals surface area contributed by atoms with E-state index in [1.807, 2.05) is 0 Å². The number of nitrogens with one attached hydrogen (secondary N) is 1. The van der Waals surface area contributed by atoms with Gasteiger partial charge in [0.15, 0.2) is 6.10 Å². The van der Waals surface area contributed by atoms with E-state index >= 15 is 0 Å². The van der Waals surface area contributed by atoms with E-state index in [1.165, 1.54) is 43.3 Å². The number of halogens is 3. The molecule has 0 heterocycles. The Morgan fingerprint density at radius 2 is 1.76 bits per heavy atom. The van der Waals surface area contributed by atoms with Gasteiger partial charge in [0, 0.05) is 17.3 Å². The lowest BCUT2D eigenvalue weighted by Gasteiger charge is -2.12. The van der Waals surface area contributed by atoms with Crippen LogP contribution in [0.3, 0.4) is 0 Å². The molecule has 152 valence electrons. The van der Waals surface area contributed by atoms with Gasteiger partial charge in [-0.1, -0.05) is 12.1 Å². The second kappa shape index (κ2) is 9.05. The summed E-state index contributed by atoms with van der Waals surface area (Å²) in [5.41, 5.74) is 5.06. The van der Waals surface area contributed by atoms with E-state index in [2.05, 4.69) is 5.32 Å². The number of rotatable bonds is 6. The average Bonchev–Trinajstić information content (AvgIpc) is 2.66. The predicted octanol–water partition coefficient (Wildman–Crippen LogP) is 3.39. The number of benzene rings is 2. The van der Waals surface area contributed by atoms with Crippen molar-refractivity contribution in [2.45, 2.75) is 19.2 Å². The lowest BCUT2D eigenvalue weighted by atomic mass is 10.1. The number of carbonyl (C=O) groups excluding carboxylic acids is 3. The first-order valence-electron chi connectivity index (χ1n) is 8.33. The molecule has 0 fully saturated rings. The lowest BCUT2D eigenvalue weighted by molar-refractivity contribution is -0.148. The molecule has 1 unspecified atom stereocenters. The maximum atomic E-state index is 12.7. The molecule has 0 aliphatic carbocycles. The Labute approximate surface area is 164 Å². The number of ether oxygens (including phenoxy) is 1. The number of anilines is 1. The van der Waals surface area contributed by atoms with Crippen molar-refractivity contribution in [1.82, 2.24) is 0 Å². The van der Waals surface area contributed by atoms with Crippen molar-refractivity contribution < 1.29 is 32.3 Å². The number of amides is 2. The van der Waals surface area contributed by atoms with Crippen LogP contribution in [-0.2, 0) is 20.5 Å². The molecule has 0 aliphatic rings. The van der Waals surface area contributed by atoms with Crippen molar-refractivity contribution in [2.24, 2.45) is 5.73 Å². The zero-order valence-corrected chi connectivity index (χ0v) is 15.2. The quantitative estimate of drug-likeness (QED) is 0.568. The first kappa shape index (κ1) is 21.7. The van der Waals surface area contributed by atoms with Crippen molar-refractivity contribution in [3.8, 4) is 0 Å². The Kier molecular flexibility index (Phi) is 6.76. The molecule has 6 nitrogen and oxygen atoms in total. The SMILES string of the molecule is CC(OC(=O)C=Cc1cccc(C(F)(F)F)c1)C(=O)Nc1ccc(C(N)=O)cc1. The highest BCUT2D eigenvalue weighted by Crippen LogP contribution is 2.29. The summed E-state index contributed by atoms with van der Waals surface area (Å²) in [5, 5.41) is 2.49. The number of primary amides is 1. The third kappa shape index (κ3) is 6.49. The van der Waals surface area contributed by atoms with Crippen LogP contribution in [0.1, 0.15) is 28.4 Å². The molecular formula is C20H17F3N2O4. The van der Waals surface area contributed by atoms with E-state index in [0.717, 1.165) is 24.3 Å². The lowest BCUT2D eigenvalue weighted by Crippen LogP contribution is -2.29. The highest BCUT2D eigenvalue weighted by molar-refractivity contribution is 5.97. The minimum absolute atomic E-state index is 0.156. The van der Waals surface area contributed by atoms with Gasteiger partial charge in [-0.15, -0.1) is 0 Å². The molecule has 2 rings (SSSR count). The molecule has 29 heavy (non-hydrogen) atoms. The van der Waals surface area contributed by atoms with Gasteiger partial charge in [0.1, 0.15) is 0 Å². The number of nitrogens with two attached hydrogens (primary N) is 1.